The van der Waals surface area contributed by atoms with E-state index in [2.05, 4.69) is 13.8 Å². The number of hydrogen-bond acceptors (Lipinski definition) is 8. The van der Waals surface area contributed by atoms with Gasteiger partial charge in [-0.25, -0.2) is 9.59 Å². The molecule has 8 nitrogen and oxygen atoms in total. The first-order chi connectivity index (χ1) is 29.4. The van der Waals surface area contributed by atoms with Crippen molar-refractivity contribution in [2.75, 3.05) is 26.4 Å². The van der Waals surface area contributed by atoms with Crippen LogP contribution >= 0.6 is 0 Å². The van der Waals surface area contributed by atoms with Crippen LogP contribution in [0.3, 0.4) is 0 Å². The van der Waals surface area contributed by atoms with Gasteiger partial charge in [0.1, 0.15) is 11.5 Å². The lowest BCUT2D eigenvalue weighted by Gasteiger charge is -2.28. The van der Waals surface area contributed by atoms with Crippen molar-refractivity contribution in [1.29, 1.82) is 0 Å². The van der Waals surface area contributed by atoms with Gasteiger partial charge in [0, 0.05) is 0 Å². The lowest BCUT2D eigenvalue weighted by Crippen LogP contribution is -2.45. The first-order valence-electron chi connectivity index (χ1n) is 24.4. The van der Waals surface area contributed by atoms with Crippen LogP contribution in [0.2, 0.25) is 0 Å². The Morgan fingerprint density at radius 2 is 0.783 bits per heavy atom. The van der Waals surface area contributed by atoms with E-state index < -0.39 is 24.1 Å². The van der Waals surface area contributed by atoms with Crippen LogP contribution in [0.4, 0.5) is 0 Å². The zero-order valence-electron chi connectivity index (χ0n) is 38.1. The molecule has 0 aliphatic heterocycles. The molecule has 0 unspecified atom stereocenters. The van der Waals surface area contributed by atoms with Gasteiger partial charge in [-0.1, -0.05) is 155 Å². The zero-order chi connectivity index (χ0) is 42.6. The van der Waals surface area contributed by atoms with E-state index >= 15 is 0 Å². The topological polar surface area (TPSA) is 89.5 Å². The minimum atomic E-state index is -1.30. The molecule has 0 heterocycles. The van der Waals surface area contributed by atoms with Gasteiger partial charge in [0.15, 0.2) is 12.2 Å². The quantitative estimate of drug-likeness (QED) is 0.0548. The molecule has 0 amide bonds. The van der Waals surface area contributed by atoms with Crippen molar-refractivity contribution in [2.24, 2.45) is 23.7 Å². The number of benzene rings is 2. The molecule has 0 saturated heterocycles. The fourth-order valence-electron chi connectivity index (χ4n) is 8.97. The summed E-state index contributed by atoms with van der Waals surface area (Å²) in [6.07, 6.45) is 25.3. The van der Waals surface area contributed by atoms with Gasteiger partial charge in [-0.15, -0.1) is 0 Å². The monoisotopic (exact) mass is 835 g/mol. The Morgan fingerprint density at radius 3 is 1.10 bits per heavy atom. The molecule has 2 fully saturated rings. The molecule has 2 aliphatic carbocycles. The molecule has 8 heteroatoms. The van der Waals surface area contributed by atoms with Gasteiger partial charge in [0.05, 0.1) is 39.6 Å². The number of hydrogen-bond donors (Lipinski definition) is 0. The Morgan fingerprint density at radius 1 is 0.450 bits per heavy atom. The van der Waals surface area contributed by atoms with Gasteiger partial charge in [0.25, 0.3) is 0 Å². The molecule has 338 valence electrons. The predicted octanol–water partition coefficient (Wildman–Crippen LogP) is 13.2. The standard InChI is InChI=1S/C52H82O8/c1-5-9-11-15-41-19-23-43(24-20-41)17-13-37-55-47-31-27-45(28-32-47)39-59-49(51(53)57-35-7-3)50(52(54)58-36-8-4)60-40-46-29-33-48(34-30-46)56-38-14-18-44-25-21-42(22-26-44)16-12-10-6-2/h27-34,41-44,49-50H,5-26,35-40H2,1-4H3/t41?,42?,43?,44?,49-,50-/m1/s1. The summed E-state index contributed by atoms with van der Waals surface area (Å²) in [5.74, 6) is 3.87. The Labute approximate surface area is 364 Å². The molecule has 2 aromatic rings. The lowest BCUT2D eigenvalue weighted by atomic mass is 9.78. The third-order valence-electron chi connectivity index (χ3n) is 12.8. The van der Waals surface area contributed by atoms with Crippen molar-refractivity contribution in [1.82, 2.24) is 0 Å². The van der Waals surface area contributed by atoms with Gasteiger partial charge in [-0.2, -0.15) is 0 Å². The first-order valence-corrected chi connectivity index (χ1v) is 24.4. The van der Waals surface area contributed by atoms with Crippen LogP contribution in [-0.4, -0.2) is 50.6 Å². The van der Waals surface area contributed by atoms with Crippen LogP contribution in [0.5, 0.6) is 11.5 Å². The normalized spacial score (nSPS) is 20.3. The average Bonchev–Trinajstić information content (AvgIpc) is 3.28. The van der Waals surface area contributed by atoms with Gasteiger partial charge in [0.2, 0.25) is 0 Å². The first kappa shape index (κ1) is 49.6. The van der Waals surface area contributed by atoms with Crippen molar-refractivity contribution < 1.29 is 38.0 Å². The molecule has 2 atom stereocenters. The third-order valence-corrected chi connectivity index (χ3v) is 12.8. The van der Waals surface area contributed by atoms with Crippen LogP contribution in [0.25, 0.3) is 0 Å². The number of ether oxygens (including phenoxy) is 6. The van der Waals surface area contributed by atoms with E-state index in [0.717, 1.165) is 59.1 Å². The maximum atomic E-state index is 13.4. The Kier molecular flexibility index (Phi) is 24.8. The fraction of sp³-hybridized carbons (Fsp3) is 0.731. The zero-order valence-corrected chi connectivity index (χ0v) is 38.1. The Hall–Kier alpha value is -3.10. The van der Waals surface area contributed by atoms with Crippen LogP contribution < -0.4 is 9.47 Å². The number of esters is 2. The van der Waals surface area contributed by atoms with E-state index in [1.165, 1.54) is 116 Å². The summed E-state index contributed by atoms with van der Waals surface area (Å²) < 4.78 is 35.5. The number of carbonyl (C=O) groups excluding carboxylic acids is 2. The average molecular weight is 835 g/mol. The molecule has 0 N–H and O–H groups in total. The van der Waals surface area contributed by atoms with Crippen LogP contribution in [0.1, 0.15) is 180 Å². The second-order valence-electron chi connectivity index (χ2n) is 17.8. The third kappa shape index (κ3) is 19.3. The van der Waals surface area contributed by atoms with E-state index in [9.17, 15) is 9.59 Å². The Balaban J connectivity index is 1.22. The molecule has 4 rings (SSSR count). The Bertz CT molecular complexity index is 1290. The second kappa shape index (κ2) is 30.0. The highest BCUT2D eigenvalue weighted by Crippen LogP contribution is 2.35. The summed E-state index contributed by atoms with van der Waals surface area (Å²) in [7, 11) is 0. The molecule has 0 spiro atoms. The van der Waals surface area contributed by atoms with Gasteiger partial charge < -0.3 is 28.4 Å². The summed E-state index contributed by atoms with van der Waals surface area (Å²) in [4.78, 5) is 26.8. The largest absolute Gasteiger partial charge is 0.494 e. The van der Waals surface area contributed by atoms with Crippen LogP contribution in [-0.2, 0) is 41.8 Å². The summed E-state index contributed by atoms with van der Waals surface area (Å²) in [5, 5.41) is 0. The van der Waals surface area contributed by atoms with Gasteiger partial charge in [-0.3, -0.25) is 0 Å². The number of unbranched alkanes of at least 4 members (excludes halogenated alkanes) is 4. The van der Waals surface area contributed by atoms with Crippen molar-refractivity contribution in [3.05, 3.63) is 59.7 Å². The van der Waals surface area contributed by atoms with Crippen molar-refractivity contribution in [3.63, 3.8) is 0 Å². The maximum Gasteiger partial charge on any atom is 0.338 e. The summed E-state index contributed by atoms with van der Waals surface area (Å²) in [6, 6.07) is 15.4. The van der Waals surface area contributed by atoms with E-state index in [-0.39, 0.29) is 26.4 Å². The van der Waals surface area contributed by atoms with Crippen LogP contribution in [0, 0.1) is 23.7 Å². The summed E-state index contributed by atoms with van der Waals surface area (Å²) >= 11 is 0. The van der Waals surface area contributed by atoms with Crippen molar-refractivity contribution >= 4 is 11.9 Å². The van der Waals surface area contributed by atoms with Gasteiger partial charge >= 0.3 is 11.9 Å². The molecule has 0 aromatic heterocycles. The molecule has 2 aromatic carbocycles. The number of carbonyl (C=O) groups is 2. The lowest BCUT2D eigenvalue weighted by molar-refractivity contribution is -0.186. The predicted molar refractivity (Wildman–Crippen MR) is 241 cm³/mol. The van der Waals surface area contributed by atoms with E-state index in [4.69, 9.17) is 28.4 Å². The highest BCUT2D eigenvalue weighted by atomic mass is 16.6. The van der Waals surface area contributed by atoms with Crippen molar-refractivity contribution in [3.8, 4) is 11.5 Å². The fourth-order valence-corrected chi connectivity index (χ4v) is 8.97. The van der Waals surface area contributed by atoms with E-state index in [1.807, 2.05) is 62.4 Å². The van der Waals surface area contributed by atoms with Gasteiger partial charge in [-0.05, 0) is 97.6 Å². The summed E-state index contributed by atoms with van der Waals surface area (Å²) in [6.45, 7) is 10.4. The molecule has 0 radical (unpaired) electrons. The highest BCUT2D eigenvalue weighted by molar-refractivity contribution is 5.85. The van der Waals surface area contributed by atoms with E-state index in [1.54, 1.807) is 0 Å². The minimum absolute atomic E-state index is 0.0839. The molecule has 2 saturated carbocycles. The maximum absolute atomic E-state index is 13.4. The smallest absolute Gasteiger partial charge is 0.338 e. The molecular formula is C52H82O8. The summed E-state index contributed by atoms with van der Waals surface area (Å²) in [5.41, 5.74) is 1.68. The number of rotatable bonds is 31. The molecule has 2 aliphatic rings. The molecule has 0 bridgehead atoms. The minimum Gasteiger partial charge on any atom is -0.494 e. The van der Waals surface area contributed by atoms with Crippen molar-refractivity contribution in [2.45, 2.75) is 194 Å². The van der Waals surface area contributed by atoms with Crippen LogP contribution in [0.15, 0.2) is 48.5 Å². The highest BCUT2D eigenvalue weighted by Gasteiger charge is 2.38. The SMILES string of the molecule is CCCCCC1CCC(CCCOc2ccc(CO[C@@H](C(=O)OCCC)[C@@H](OCc3ccc(OCCCC4CCC(CCCCC)CC4)cc3)C(=O)OCCC)cc2)CC1. The molecular weight excluding hydrogens is 753 g/mol. The molecule has 60 heavy (non-hydrogen) atoms. The second-order valence-corrected chi connectivity index (χ2v) is 17.8. The van der Waals surface area contributed by atoms with E-state index in [0.29, 0.717) is 26.1 Å².